The van der Waals surface area contributed by atoms with Gasteiger partial charge < -0.3 is 19.5 Å². The highest BCUT2D eigenvalue weighted by Crippen LogP contribution is 2.36. The maximum absolute atomic E-state index is 5.49. The van der Waals surface area contributed by atoms with Crippen molar-refractivity contribution in [3.8, 4) is 28.5 Å². The lowest BCUT2D eigenvalue weighted by atomic mass is 10.0. The average Bonchev–Trinajstić information content (AvgIpc) is 3.15. The molecule has 1 aromatic heterocycles. The monoisotopic (exact) mass is 377 g/mol. The number of hydrogen-bond acceptors (Lipinski definition) is 6. The lowest BCUT2D eigenvalue weighted by molar-refractivity contribution is 0.174. The molecule has 0 spiro atoms. The molecule has 1 aliphatic rings. The van der Waals surface area contributed by atoms with Crippen LogP contribution in [0.3, 0.4) is 0 Å². The number of methoxy groups -OCH3 is 1. The van der Waals surface area contributed by atoms with Gasteiger partial charge in [0.15, 0.2) is 11.5 Å². The van der Waals surface area contributed by atoms with Gasteiger partial charge in [-0.05, 0) is 56.2 Å². The quantitative estimate of drug-likeness (QED) is 0.697. The van der Waals surface area contributed by atoms with Gasteiger partial charge in [0, 0.05) is 11.6 Å². The van der Waals surface area contributed by atoms with Crippen molar-refractivity contribution in [2.45, 2.75) is 26.8 Å². The summed E-state index contributed by atoms with van der Waals surface area (Å²) in [7, 11) is 1.69. The molecular weight excluding hydrogens is 354 g/mol. The number of hydrogen-bond donors (Lipinski definition) is 1. The Balaban J connectivity index is 1.63. The highest BCUT2D eigenvalue weighted by molar-refractivity contribution is 5.67. The normalized spacial score (nSPS) is 13.3. The highest BCUT2D eigenvalue weighted by Gasteiger charge is 2.16. The summed E-state index contributed by atoms with van der Waals surface area (Å²) in [5.74, 6) is 3.85. The third kappa shape index (κ3) is 3.45. The van der Waals surface area contributed by atoms with Gasteiger partial charge in [0.25, 0.3) is 0 Å². The van der Waals surface area contributed by atoms with E-state index in [4.69, 9.17) is 14.2 Å². The topological polar surface area (TPSA) is 65.5 Å². The molecule has 0 fully saturated rings. The van der Waals surface area contributed by atoms with E-state index < -0.39 is 0 Å². The summed E-state index contributed by atoms with van der Waals surface area (Å²) in [6.45, 7) is 6.32. The number of ether oxygens (including phenoxy) is 3. The average molecular weight is 377 g/mol. The largest absolute Gasteiger partial charge is 0.496 e. The maximum Gasteiger partial charge on any atom is 0.231 e. The summed E-state index contributed by atoms with van der Waals surface area (Å²) in [5.41, 5.74) is 4.08. The first kappa shape index (κ1) is 18.1. The van der Waals surface area contributed by atoms with Crippen molar-refractivity contribution < 1.29 is 14.2 Å². The predicted octanol–water partition coefficient (Wildman–Crippen LogP) is 4.67. The van der Waals surface area contributed by atoms with Crippen molar-refractivity contribution in [3.63, 3.8) is 0 Å². The summed E-state index contributed by atoms with van der Waals surface area (Å²) in [6.07, 6.45) is 0. The molecule has 0 aliphatic carbocycles. The second kappa shape index (κ2) is 7.38. The Morgan fingerprint density at radius 1 is 1.04 bits per heavy atom. The third-order valence-corrected chi connectivity index (χ3v) is 4.88. The van der Waals surface area contributed by atoms with Gasteiger partial charge in [-0.25, -0.2) is 9.97 Å². The van der Waals surface area contributed by atoms with Crippen LogP contribution in [0, 0.1) is 13.8 Å². The minimum atomic E-state index is 0.0639. The van der Waals surface area contributed by atoms with E-state index >= 15 is 0 Å². The van der Waals surface area contributed by atoms with Gasteiger partial charge in [0.05, 0.1) is 18.8 Å². The molecule has 1 unspecified atom stereocenters. The second-order valence-electron chi connectivity index (χ2n) is 6.79. The van der Waals surface area contributed by atoms with Crippen LogP contribution in [0.25, 0.3) is 11.3 Å². The minimum Gasteiger partial charge on any atom is -0.496 e. The third-order valence-electron chi connectivity index (χ3n) is 4.88. The molecule has 0 saturated heterocycles. The first-order chi connectivity index (χ1) is 13.5. The van der Waals surface area contributed by atoms with Gasteiger partial charge in [0.1, 0.15) is 17.4 Å². The molecule has 28 heavy (non-hydrogen) atoms. The molecule has 1 atom stereocenters. The number of aryl methyl sites for hydroxylation is 1. The van der Waals surface area contributed by atoms with E-state index in [2.05, 4.69) is 35.2 Å². The molecule has 0 saturated carbocycles. The Labute approximate surface area is 164 Å². The van der Waals surface area contributed by atoms with Crippen molar-refractivity contribution in [1.29, 1.82) is 0 Å². The van der Waals surface area contributed by atoms with Crippen LogP contribution in [-0.2, 0) is 0 Å². The fourth-order valence-electron chi connectivity index (χ4n) is 3.47. The zero-order valence-corrected chi connectivity index (χ0v) is 16.4. The number of anilines is 1. The molecule has 1 aliphatic heterocycles. The molecule has 1 N–H and O–H groups in total. The van der Waals surface area contributed by atoms with Crippen LogP contribution in [-0.4, -0.2) is 23.9 Å². The van der Waals surface area contributed by atoms with Gasteiger partial charge in [-0.1, -0.05) is 12.1 Å². The Morgan fingerprint density at radius 3 is 2.68 bits per heavy atom. The molecule has 0 radical (unpaired) electrons. The van der Waals surface area contributed by atoms with Crippen LogP contribution in [0.2, 0.25) is 0 Å². The predicted molar refractivity (Wildman–Crippen MR) is 108 cm³/mol. The Bertz CT molecular complexity index is 1020. The van der Waals surface area contributed by atoms with E-state index in [9.17, 15) is 0 Å². The molecule has 0 amide bonds. The van der Waals surface area contributed by atoms with E-state index in [0.29, 0.717) is 5.82 Å². The first-order valence-electron chi connectivity index (χ1n) is 9.21. The number of benzene rings is 2. The molecule has 2 heterocycles. The van der Waals surface area contributed by atoms with E-state index in [1.54, 1.807) is 7.11 Å². The SMILES string of the molecule is COc1cccc(C(C)Nc2cc(-c3ccc4c(c3)OCO4)nc(C)n2)c1C. The minimum absolute atomic E-state index is 0.0639. The zero-order chi connectivity index (χ0) is 19.7. The molecule has 4 rings (SSSR count). The number of nitrogens with zero attached hydrogens (tertiary/aromatic N) is 2. The smallest absolute Gasteiger partial charge is 0.231 e. The molecule has 6 heteroatoms. The van der Waals surface area contributed by atoms with Gasteiger partial charge in [-0.3, -0.25) is 0 Å². The van der Waals surface area contributed by atoms with E-state index in [1.807, 2.05) is 43.3 Å². The van der Waals surface area contributed by atoms with E-state index in [0.717, 1.165) is 39.9 Å². The summed E-state index contributed by atoms with van der Waals surface area (Å²) in [6, 6.07) is 13.9. The van der Waals surface area contributed by atoms with Crippen LogP contribution >= 0.6 is 0 Å². The molecule has 0 bridgehead atoms. The molecule has 6 nitrogen and oxygen atoms in total. The Hall–Kier alpha value is -3.28. The summed E-state index contributed by atoms with van der Waals surface area (Å²) in [5, 5.41) is 3.49. The fraction of sp³-hybridized carbons (Fsp3) is 0.273. The molecule has 2 aromatic carbocycles. The molecule has 144 valence electrons. The number of nitrogens with one attached hydrogen (secondary N) is 1. The van der Waals surface area contributed by atoms with Crippen LogP contribution in [0.1, 0.15) is 29.9 Å². The van der Waals surface area contributed by atoms with Crippen molar-refractivity contribution in [3.05, 3.63) is 59.4 Å². The fourth-order valence-corrected chi connectivity index (χ4v) is 3.47. The van der Waals surface area contributed by atoms with Crippen LogP contribution < -0.4 is 19.5 Å². The summed E-state index contributed by atoms with van der Waals surface area (Å²) >= 11 is 0. The standard InChI is InChI=1S/C22H23N3O3/c1-13-17(6-5-7-19(13)26-4)14(2)23-22-11-18(24-15(3)25-22)16-8-9-20-21(10-16)28-12-27-20/h5-11,14H,12H2,1-4H3,(H,23,24,25). The Morgan fingerprint density at radius 2 is 1.86 bits per heavy atom. The van der Waals surface area contributed by atoms with E-state index in [1.165, 1.54) is 5.56 Å². The van der Waals surface area contributed by atoms with Gasteiger partial charge in [0.2, 0.25) is 6.79 Å². The molecular formula is C22H23N3O3. The van der Waals surface area contributed by atoms with Crippen molar-refractivity contribution in [2.24, 2.45) is 0 Å². The highest BCUT2D eigenvalue weighted by atomic mass is 16.7. The summed E-state index contributed by atoms with van der Waals surface area (Å²) < 4.78 is 16.3. The van der Waals surface area contributed by atoms with Crippen LogP contribution in [0.4, 0.5) is 5.82 Å². The Kier molecular flexibility index (Phi) is 4.77. The number of aromatic nitrogens is 2. The first-order valence-corrected chi connectivity index (χ1v) is 9.21. The van der Waals surface area contributed by atoms with Crippen LogP contribution in [0.5, 0.6) is 17.2 Å². The van der Waals surface area contributed by atoms with Crippen molar-refractivity contribution in [2.75, 3.05) is 19.2 Å². The van der Waals surface area contributed by atoms with Gasteiger partial charge >= 0.3 is 0 Å². The maximum atomic E-state index is 5.49. The number of rotatable bonds is 5. The zero-order valence-electron chi connectivity index (χ0n) is 16.4. The molecule has 3 aromatic rings. The van der Waals surface area contributed by atoms with E-state index in [-0.39, 0.29) is 12.8 Å². The number of fused-ring (bicyclic) bond motifs is 1. The van der Waals surface area contributed by atoms with Gasteiger partial charge in [-0.15, -0.1) is 0 Å². The van der Waals surface area contributed by atoms with Crippen LogP contribution in [0.15, 0.2) is 42.5 Å². The second-order valence-corrected chi connectivity index (χ2v) is 6.79. The van der Waals surface area contributed by atoms with Gasteiger partial charge in [-0.2, -0.15) is 0 Å². The lowest BCUT2D eigenvalue weighted by Crippen LogP contribution is -2.11. The summed E-state index contributed by atoms with van der Waals surface area (Å²) in [4.78, 5) is 9.15. The van der Waals surface area contributed by atoms with Crippen molar-refractivity contribution >= 4 is 5.82 Å². The lowest BCUT2D eigenvalue weighted by Gasteiger charge is -2.19. The van der Waals surface area contributed by atoms with Crippen molar-refractivity contribution in [1.82, 2.24) is 9.97 Å².